The summed E-state index contributed by atoms with van der Waals surface area (Å²) in [5.74, 6) is 0.730. The number of hydrogen-bond donors (Lipinski definition) is 1. The number of rotatable bonds is 5. The van der Waals surface area contributed by atoms with Gasteiger partial charge in [-0.25, -0.2) is 0 Å². The van der Waals surface area contributed by atoms with Crippen LogP contribution in [0.15, 0.2) is 53.3 Å². The molecule has 0 aliphatic heterocycles. The number of nitrogens with one attached hydrogen (secondary N) is 1. The summed E-state index contributed by atoms with van der Waals surface area (Å²) in [4.78, 5) is 12.3. The molecule has 2 aromatic carbocycles. The summed E-state index contributed by atoms with van der Waals surface area (Å²) in [6.45, 7) is 3.53. The Bertz CT molecular complexity index is 864. The second kappa shape index (κ2) is 7.36. The van der Waals surface area contributed by atoms with Crippen LogP contribution in [0.3, 0.4) is 0 Å². The highest BCUT2D eigenvalue weighted by molar-refractivity contribution is 6.31. The minimum absolute atomic E-state index is 0.258. The van der Waals surface area contributed by atoms with Gasteiger partial charge in [0, 0.05) is 16.3 Å². The van der Waals surface area contributed by atoms with E-state index in [9.17, 15) is 4.79 Å². The minimum atomic E-state index is -0.673. The van der Waals surface area contributed by atoms with Crippen molar-refractivity contribution < 1.29 is 13.9 Å². The summed E-state index contributed by atoms with van der Waals surface area (Å²) >= 11 is 6.06. The van der Waals surface area contributed by atoms with Gasteiger partial charge in [-0.15, -0.1) is 10.2 Å². The van der Waals surface area contributed by atoms with E-state index in [1.54, 1.807) is 49.4 Å². The molecule has 0 saturated heterocycles. The van der Waals surface area contributed by atoms with Crippen molar-refractivity contribution in [2.45, 2.75) is 20.0 Å². The summed E-state index contributed by atoms with van der Waals surface area (Å²) < 4.78 is 10.8. The molecule has 128 valence electrons. The summed E-state index contributed by atoms with van der Waals surface area (Å²) in [5, 5.41) is 10.9. The Labute approximate surface area is 149 Å². The largest absolute Gasteiger partial charge is 0.481 e. The molecule has 6 nitrogen and oxygen atoms in total. The van der Waals surface area contributed by atoms with E-state index >= 15 is 0 Å². The number of aromatic nitrogens is 2. The lowest BCUT2D eigenvalue weighted by atomic mass is 10.2. The van der Waals surface area contributed by atoms with Crippen LogP contribution in [-0.2, 0) is 4.79 Å². The Morgan fingerprint density at radius 2 is 2.00 bits per heavy atom. The van der Waals surface area contributed by atoms with Crippen molar-refractivity contribution in [2.75, 3.05) is 5.32 Å². The van der Waals surface area contributed by atoms with Crippen molar-refractivity contribution in [3.63, 3.8) is 0 Å². The molecular weight excluding hydrogens is 342 g/mol. The number of benzene rings is 2. The molecule has 0 radical (unpaired) electrons. The highest BCUT2D eigenvalue weighted by Gasteiger charge is 2.16. The summed E-state index contributed by atoms with van der Waals surface area (Å²) in [6.07, 6.45) is 0.594. The van der Waals surface area contributed by atoms with E-state index in [4.69, 9.17) is 20.8 Å². The molecule has 1 heterocycles. The molecule has 1 amide bonds. The van der Waals surface area contributed by atoms with Gasteiger partial charge in [0.15, 0.2) is 6.10 Å². The lowest BCUT2D eigenvalue weighted by Crippen LogP contribution is -2.30. The molecule has 0 bridgehead atoms. The first-order chi connectivity index (χ1) is 12.0. The van der Waals surface area contributed by atoms with Crippen molar-refractivity contribution in [1.82, 2.24) is 10.2 Å². The third-order valence-electron chi connectivity index (χ3n) is 3.67. The number of carbonyl (C=O) groups excluding carboxylic acids is 1. The van der Waals surface area contributed by atoms with Crippen molar-refractivity contribution in [2.24, 2.45) is 0 Å². The van der Waals surface area contributed by atoms with Gasteiger partial charge in [0.2, 0.25) is 12.3 Å². The fraction of sp³-hybridized carbons (Fsp3) is 0.167. The van der Waals surface area contributed by atoms with Crippen LogP contribution in [0.2, 0.25) is 5.02 Å². The lowest BCUT2D eigenvalue weighted by Gasteiger charge is -2.16. The van der Waals surface area contributed by atoms with Crippen LogP contribution in [0.25, 0.3) is 11.5 Å². The van der Waals surface area contributed by atoms with Crippen molar-refractivity contribution >= 4 is 23.2 Å². The van der Waals surface area contributed by atoms with E-state index in [1.165, 1.54) is 6.39 Å². The number of amides is 1. The van der Waals surface area contributed by atoms with Crippen molar-refractivity contribution in [3.05, 3.63) is 59.4 Å². The maximum Gasteiger partial charge on any atom is 0.265 e. The zero-order valence-electron chi connectivity index (χ0n) is 13.7. The predicted molar refractivity (Wildman–Crippen MR) is 94.6 cm³/mol. The first-order valence-electron chi connectivity index (χ1n) is 7.64. The highest BCUT2D eigenvalue weighted by atomic mass is 35.5. The Kier molecular flexibility index (Phi) is 5.00. The topological polar surface area (TPSA) is 77.2 Å². The minimum Gasteiger partial charge on any atom is -0.481 e. The molecule has 0 aliphatic rings. The summed E-state index contributed by atoms with van der Waals surface area (Å²) in [5.41, 5.74) is 2.25. The van der Waals surface area contributed by atoms with Crippen LogP contribution in [0.5, 0.6) is 5.75 Å². The van der Waals surface area contributed by atoms with Crippen LogP contribution in [0.4, 0.5) is 5.69 Å². The SMILES string of the molecule is Cc1c(Cl)cccc1NC(=O)[C@H](C)Oc1ccc(-c2nnco2)cc1. The van der Waals surface area contributed by atoms with E-state index in [0.29, 0.717) is 22.4 Å². The van der Waals surface area contributed by atoms with Crippen LogP contribution < -0.4 is 10.1 Å². The standard InChI is InChI=1S/C18H16ClN3O3/c1-11-15(19)4-3-5-16(11)21-17(23)12(2)25-14-8-6-13(7-9-14)18-22-20-10-24-18/h3-10,12H,1-2H3,(H,21,23)/t12-/m0/s1. The molecule has 0 unspecified atom stereocenters. The third kappa shape index (κ3) is 3.97. The molecule has 0 saturated carbocycles. The number of nitrogens with zero attached hydrogens (tertiary/aromatic N) is 2. The number of halogens is 1. The van der Waals surface area contributed by atoms with Gasteiger partial charge in [0.05, 0.1) is 0 Å². The molecule has 1 aromatic heterocycles. The Morgan fingerprint density at radius 3 is 2.68 bits per heavy atom. The number of anilines is 1. The Hall–Kier alpha value is -2.86. The molecule has 1 N–H and O–H groups in total. The van der Waals surface area contributed by atoms with Gasteiger partial charge in [0.25, 0.3) is 5.91 Å². The van der Waals surface area contributed by atoms with E-state index < -0.39 is 6.10 Å². The molecule has 25 heavy (non-hydrogen) atoms. The zero-order valence-corrected chi connectivity index (χ0v) is 14.4. The van der Waals surface area contributed by atoms with Gasteiger partial charge in [-0.1, -0.05) is 17.7 Å². The molecule has 7 heteroatoms. The van der Waals surface area contributed by atoms with Gasteiger partial charge in [-0.3, -0.25) is 4.79 Å². The quantitative estimate of drug-likeness (QED) is 0.743. The normalized spacial score (nSPS) is 11.8. The van der Waals surface area contributed by atoms with E-state index in [-0.39, 0.29) is 5.91 Å². The zero-order chi connectivity index (χ0) is 17.8. The number of hydrogen-bond acceptors (Lipinski definition) is 5. The maximum atomic E-state index is 12.3. The second-order valence-corrected chi connectivity index (χ2v) is 5.84. The molecule has 0 fully saturated rings. The molecular formula is C18H16ClN3O3. The average molecular weight is 358 g/mol. The third-order valence-corrected chi connectivity index (χ3v) is 4.08. The molecule has 3 rings (SSSR count). The monoisotopic (exact) mass is 357 g/mol. The van der Waals surface area contributed by atoms with E-state index in [0.717, 1.165) is 11.1 Å². The van der Waals surface area contributed by atoms with Crippen LogP contribution >= 0.6 is 11.6 Å². The maximum absolute atomic E-state index is 12.3. The fourth-order valence-electron chi connectivity index (χ4n) is 2.21. The number of ether oxygens (including phenoxy) is 1. The molecule has 3 aromatic rings. The first kappa shape index (κ1) is 17.0. The Morgan fingerprint density at radius 1 is 1.24 bits per heavy atom. The highest BCUT2D eigenvalue weighted by Crippen LogP contribution is 2.24. The number of carbonyl (C=O) groups is 1. The van der Waals surface area contributed by atoms with E-state index in [2.05, 4.69) is 15.5 Å². The lowest BCUT2D eigenvalue weighted by molar-refractivity contribution is -0.122. The van der Waals surface area contributed by atoms with Gasteiger partial charge < -0.3 is 14.5 Å². The van der Waals surface area contributed by atoms with Crippen LogP contribution in [0, 0.1) is 6.92 Å². The second-order valence-electron chi connectivity index (χ2n) is 5.43. The molecule has 0 spiro atoms. The van der Waals surface area contributed by atoms with Gasteiger partial charge >= 0.3 is 0 Å². The van der Waals surface area contributed by atoms with Gasteiger partial charge in [-0.2, -0.15) is 0 Å². The van der Waals surface area contributed by atoms with Crippen LogP contribution in [0.1, 0.15) is 12.5 Å². The van der Waals surface area contributed by atoms with Crippen molar-refractivity contribution in [1.29, 1.82) is 0 Å². The fourth-order valence-corrected chi connectivity index (χ4v) is 2.38. The first-order valence-corrected chi connectivity index (χ1v) is 8.01. The summed E-state index contributed by atoms with van der Waals surface area (Å²) in [6, 6.07) is 12.4. The van der Waals surface area contributed by atoms with Crippen molar-refractivity contribution in [3.8, 4) is 17.2 Å². The molecule has 1 atom stereocenters. The summed E-state index contributed by atoms with van der Waals surface area (Å²) in [7, 11) is 0. The van der Waals surface area contributed by atoms with E-state index in [1.807, 2.05) is 6.92 Å². The molecule has 0 aliphatic carbocycles. The van der Waals surface area contributed by atoms with Gasteiger partial charge in [-0.05, 0) is 55.8 Å². The predicted octanol–water partition coefficient (Wildman–Crippen LogP) is 4.10. The van der Waals surface area contributed by atoms with Crippen LogP contribution in [-0.4, -0.2) is 22.2 Å². The smallest absolute Gasteiger partial charge is 0.265 e. The Balaban J connectivity index is 1.64. The average Bonchev–Trinajstić information content (AvgIpc) is 3.14. The van der Waals surface area contributed by atoms with Gasteiger partial charge in [0.1, 0.15) is 5.75 Å².